The third kappa shape index (κ3) is 2.40. The van der Waals surface area contributed by atoms with Crippen LogP contribution in [0.4, 0.5) is 5.82 Å². The Morgan fingerprint density at radius 3 is 2.64 bits per heavy atom. The Hall–Kier alpha value is -1.20. The molecule has 1 aromatic heterocycles. The fraction of sp³-hybridized carbons (Fsp3) is 0.556. The van der Waals surface area contributed by atoms with Gasteiger partial charge in [-0.05, 0) is 6.92 Å². The van der Waals surface area contributed by atoms with Crippen molar-refractivity contribution in [3.8, 4) is 0 Å². The van der Waals surface area contributed by atoms with Crippen LogP contribution in [0.5, 0.6) is 0 Å². The summed E-state index contributed by atoms with van der Waals surface area (Å²) in [6, 6.07) is 1.74. The van der Waals surface area contributed by atoms with E-state index in [-0.39, 0.29) is 6.54 Å². The van der Waals surface area contributed by atoms with E-state index >= 15 is 0 Å². The van der Waals surface area contributed by atoms with Gasteiger partial charge in [-0.25, -0.2) is 9.97 Å². The van der Waals surface area contributed by atoms with E-state index in [2.05, 4.69) is 9.97 Å². The normalized spacial score (nSPS) is 12.6. The van der Waals surface area contributed by atoms with E-state index in [0.29, 0.717) is 11.5 Å². The molecular weight excluding hydrogens is 180 g/mol. The summed E-state index contributed by atoms with van der Waals surface area (Å²) >= 11 is 0. The SMILES string of the molecule is Cc1nc(C(O)CN)cc(N(C)C)n1. The van der Waals surface area contributed by atoms with Crippen LogP contribution in [-0.4, -0.2) is 35.7 Å². The highest BCUT2D eigenvalue weighted by Crippen LogP contribution is 2.14. The largest absolute Gasteiger partial charge is 0.385 e. The summed E-state index contributed by atoms with van der Waals surface area (Å²) in [6.07, 6.45) is -0.713. The van der Waals surface area contributed by atoms with E-state index in [0.717, 1.165) is 5.82 Å². The molecule has 3 N–H and O–H groups in total. The highest BCUT2D eigenvalue weighted by atomic mass is 16.3. The van der Waals surface area contributed by atoms with Crippen LogP contribution in [0.25, 0.3) is 0 Å². The van der Waals surface area contributed by atoms with Crippen LogP contribution in [-0.2, 0) is 0 Å². The monoisotopic (exact) mass is 196 g/mol. The molecule has 1 atom stereocenters. The van der Waals surface area contributed by atoms with Gasteiger partial charge in [0.15, 0.2) is 0 Å². The molecule has 78 valence electrons. The predicted octanol–water partition coefficient (Wildman–Crippen LogP) is -0.157. The van der Waals surface area contributed by atoms with Crippen molar-refractivity contribution in [3.05, 3.63) is 17.6 Å². The lowest BCUT2D eigenvalue weighted by Gasteiger charge is -2.14. The molecule has 0 aromatic carbocycles. The number of aromatic nitrogens is 2. The second-order valence-electron chi connectivity index (χ2n) is 3.34. The Balaban J connectivity index is 3.07. The van der Waals surface area contributed by atoms with Crippen molar-refractivity contribution in [1.82, 2.24) is 9.97 Å². The zero-order chi connectivity index (χ0) is 10.7. The Morgan fingerprint density at radius 2 is 2.14 bits per heavy atom. The molecule has 1 aromatic rings. The zero-order valence-corrected chi connectivity index (χ0v) is 8.73. The fourth-order valence-corrected chi connectivity index (χ4v) is 1.09. The maximum Gasteiger partial charge on any atom is 0.132 e. The van der Waals surface area contributed by atoms with Crippen molar-refractivity contribution in [2.45, 2.75) is 13.0 Å². The van der Waals surface area contributed by atoms with Crippen LogP contribution in [0.1, 0.15) is 17.6 Å². The molecule has 0 aliphatic carbocycles. The highest BCUT2D eigenvalue weighted by Gasteiger charge is 2.10. The summed E-state index contributed by atoms with van der Waals surface area (Å²) in [4.78, 5) is 10.2. The number of nitrogens with two attached hydrogens (primary N) is 1. The molecule has 5 nitrogen and oxygen atoms in total. The number of aryl methyl sites for hydroxylation is 1. The van der Waals surface area contributed by atoms with E-state index in [9.17, 15) is 5.11 Å². The first-order valence-electron chi connectivity index (χ1n) is 4.45. The molecule has 0 bridgehead atoms. The van der Waals surface area contributed by atoms with Crippen molar-refractivity contribution in [1.29, 1.82) is 0 Å². The molecule has 0 aliphatic rings. The molecule has 1 unspecified atom stereocenters. The Labute approximate surface area is 83.6 Å². The second-order valence-corrected chi connectivity index (χ2v) is 3.34. The van der Waals surface area contributed by atoms with Gasteiger partial charge in [-0.1, -0.05) is 0 Å². The van der Waals surface area contributed by atoms with Crippen molar-refractivity contribution in [2.24, 2.45) is 5.73 Å². The molecule has 0 aliphatic heterocycles. The lowest BCUT2D eigenvalue weighted by Crippen LogP contribution is -2.17. The Kier molecular flexibility index (Phi) is 3.38. The number of hydrogen-bond acceptors (Lipinski definition) is 5. The van der Waals surface area contributed by atoms with Crippen molar-refractivity contribution >= 4 is 5.82 Å². The third-order valence-corrected chi connectivity index (χ3v) is 1.87. The quantitative estimate of drug-likeness (QED) is 0.702. The van der Waals surface area contributed by atoms with Gasteiger partial charge in [0.2, 0.25) is 0 Å². The minimum absolute atomic E-state index is 0.170. The van der Waals surface area contributed by atoms with Gasteiger partial charge in [0.25, 0.3) is 0 Å². The maximum atomic E-state index is 9.53. The minimum Gasteiger partial charge on any atom is -0.385 e. The van der Waals surface area contributed by atoms with Crippen molar-refractivity contribution in [2.75, 3.05) is 25.5 Å². The van der Waals surface area contributed by atoms with Crippen LogP contribution >= 0.6 is 0 Å². The highest BCUT2D eigenvalue weighted by molar-refractivity contribution is 5.38. The summed E-state index contributed by atoms with van der Waals surface area (Å²) in [5.41, 5.74) is 5.93. The van der Waals surface area contributed by atoms with E-state index in [1.165, 1.54) is 0 Å². The number of aliphatic hydroxyl groups excluding tert-OH is 1. The lowest BCUT2D eigenvalue weighted by molar-refractivity contribution is 0.181. The van der Waals surface area contributed by atoms with Gasteiger partial charge in [0.1, 0.15) is 17.7 Å². The first-order valence-corrected chi connectivity index (χ1v) is 4.45. The van der Waals surface area contributed by atoms with E-state index in [1.54, 1.807) is 13.0 Å². The molecular formula is C9H16N4O. The second kappa shape index (κ2) is 4.34. The van der Waals surface area contributed by atoms with Gasteiger partial charge in [-0.2, -0.15) is 0 Å². The van der Waals surface area contributed by atoms with Gasteiger partial charge in [-0.3, -0.25) is 0 Å². The van der Waals surface area contributed by atoms with Gasteiger partial charge >= 0.3 is 0 Å². The predicted molar refractivity (Wildman–Crippen MR) is 55.1 cm³/mol. The van der Waals surface area contributed by atoms with Gasteiger partial charge in [-0.15, -0.1) is 0 Å². The van der Waals surface area contributed by atoms with Gasteiger partial charge < -0.3 is 15.7 Å². The van der Waals surface area contributed by atoms with Gasteiger partial charge in [0.05, 0.1) is 5.69 Å². The van der Waals surface area contributed by atoms with Gasteiger partial charge in [0, 0.05) is 26.7 Å². The number of aliphatic hydroxyl groups is 1. The molecule has 0 saturated carbocycles. The zero-order valence-electron chi connectivity index (χ0n) is 8.73. The molecule has 0 spiro atoms. The molecule has 1 heterocycles. The number of anilines is 1. The van der Waals surface area contributed by atoms with E-state index < -0.39 is 6.10 Å². The maximum absolute atomic E-state index is 9.53. The number of nitrogens with zero attached hydrogens (tertiary/aromatic N) is 3. The molecule has 0 amide bonds. The molecule has 5 heteroatoms. The fourth-order valence-electron chi connectivity index (χ4n) is 1.09. The number of rotatable bonds is 3. The van der Waals surface area contributed by atoms with Crippen molar-refractivity contribution < 1.29 is 5.11 Å². The summed E-state index contributed by atoms with van der Waals surface area (Å²) in [6.45, 7) is 1.96. The first kappa shape index (κ1) is 10.9. The molecule has 0 fully saturated rings. The topological polar surface area (TPSA) is 75.3 Å². The summed E-state index contributed by atoms with van der Waals surface area (Å²) in [7, 11) is 3.78. The van der Waals surface area contributed by atoms with Crippen LogP contribution in [0.2, 0.25) is 0 Å². The summed E-state index contributed by atoms with van der Waals surface area (Å²) in [5, 5.41) is 9.53. The molecule has 1 rings (SSSR count). The summed E-state index contributed by atoms with van der Waals surface area (Å²) in [5.74, 6) is 1.42. The van der Waals surface area contributed by atoms with Crippen molar-refractivity contribution in [3.63, 3.8) is 0 Å². The molecule has 0 radical (unpaired) electrons. The summed E-state index contributed by atoms with van der Waals surface area (Å²) < 4.78 is 0. The average molecular weight is 196 g/mol. The molecule has 14 heavy (non-hydrogen) atoms. The van der Waals surface area contributed by atoms with E-state index in [1.807, 2.05) is 19.0 Å². The van der Waals surface area contributed by atoms with Crippen LogP contribution in [0.15, 0.2) is 6.07 Å². The third-order valence-electron chi connectivity index (χ3n) is 1.87. The average Bonchev–Trinajstić information content (AvgIpc) is 2.15. The smallest absolute Gasteiger partial charge is 0.132 e. The first-order chi connectivity index (χ1) is 6.54. The van der Waals surface area contributed by atoms with Crippen LogP contribution in [0, 0.1) is 6.92 Å². The molecule has 0 saturated heterocycles. The Morgan fingerprint density at radius 1 is 1.50 bits per heavy atom. The minimum atomic E-state index is -0.713. The number of hydrogen-bond donors (Lipinski definition) is 2. The van der Waals surface area contributed by atoms with Crippen LogP contribution in [0.3, 0.4) is 0 Å². The Bertz CT molecular complexity index is 314. The lowest BCUT2D eigenvalue weighted by atomic mass is 10.2. The van der Waals surface area contributed by atoms with E-state index in [4.69, 9.17) is 5.73 Å². The standard InChI is InChI=1S/C9H16N4O/c1-6-11-7(8(14)5-10)4-9(12-6)13(2)3/h4,8,14H,5,10H2,1-3H3. The van der Waals surface area contributed by atoms with Crippen LogP contribution < -0.4 is 10.6 Å².